The molecular weight excluding hydrogens is 322 g/mol. The summed E-state index contributed by atoms with van der Waals surface area (Å²) in [6.07, 6.45) is 0.598. The molecule has 0 saturated heterocycles. The van der Waals surface area contributed by atoms with Gasteiger partial charge in [-0.05, 0) is 35.7 Å². The third-order valence-electron chi connectivity index (χ3n) is 4.19. The quantitative estimate of drug-likeness (QED) is 0.871. The van der Waals surface area contributed by atoms with Crippen LogP contribution in [0.4, 0.5) is 0 Å². The first kappa shape index (κ1) is 16.8. The predicted octanol–water partition coefficient (Wildman–Crippen LogP) is 2.26. The molecule has 0 unspecified atom stereocenters. The number of carboxylic acids is 1. The van der Waals surface area contributed by atoms with E-state index in [0.717, 1.165) is 22.6 Å². The Morgan fingerprint density at radius 2 is 2.12 bits per heavy atom. The molecule has 1 amide bonds. The van der Waals surface area contributed by atoms with E-state index in [1.54, 1.807) is 25.3 Å². The second kappa shape index (κ2) is 7.25. The van der Waals surface area contributed by atoms with Gasteiger partial charge in [0.25, 0.3) is 0 Å². The minimum atomic E-state index is -0.985. The highest BCUT2D eigenvalue weighted by Crippen LogP contribution is 2.31. The van der Waals surface area contributed by atoms with E-state index >= 15 is 0 Å². The van der Waals surface area contributed by atoms with Gasteiger partial charge in [0.1, 0.15) is 18.1 Å². The molecule has 2 N–H and O–H groups in total. The summed E-state index contributed by atoms with van der Waals surface area (Å²) in [6, 6.07) is 12.1. The number of carbonyl (C=O) groups is 2. The fourth-order valence-corrected chi connectivity index (χ4v) is 2.80. The Hall–Kier alpha value is -3.02. The summed E-state index contributed by atoms with van der Waals surface area (Å²) >= 11 is 0. The lowest BCUT2D eigenvalue weighted by molar-refractivity contribution is -0.126. The van der Waals surface area contributed by atoms with E-state index in [9.17, 15) is 9.59 Å². The van der Waals surface area contributed by atoms with Crippen LogP contribution in [0.3, 0.4) is 0 Å². The molecule has 0 radical (unpaired) electrons. The minimum Gasteiger partial charge on any atom is -0.497 e. The monoisotopic (exact) mass is 341 g/mol. The first-order valence-electron chi connectivity index (χ1n) is 7.96. The van der Waals surface area contributed by atoms with Crippen LogP contribution in [0.1, 0.15) is 21.5 Å². The average molecular weight is 341 g/mol. The first-order chi connectivity index (χ1) is 12.1. The summed E-state index contributed by atoms with van der Waals surface area (Å²) < 4.78 is 10.9. The van der Waals surface area contributed by atoms with Crippen molar-refractivity contribution in [2.24, 2.45) is 5.92 Å². The van der Waals surface area contributed by atoms with Crippen LogP contribution in [0.25, 0.3) is 0 Å². The molecule has 2 aromatic rings. The summed E-state index contributed by atoms with van der Waals surface area (Å²) in [4.78, 5) is 23.4. The molecule has 0 aromatic heterocycles. The summed E-state index contributed by atoms with van der Waals surface area (Å²) in [5.74, 6) is 0.101. The summed E-state index contributed by atoms with van der Waals surface area (Å²) in [5, 5.41) is 11.9. The van der Waals surface area contributed by atoms with Crippen molar-refractivity contribution < 1.29 is 24.2 Å². The van der Waals surface area contributed by atoms with Gasteiger partial charge in [0.2, 0.25) is 5.91 Å². The minimum absolute atomic E-state index is 0.109. The lowest BCUT2D eigenvalue weighted by Gasteiger charge is -2.25. The zero-order chi connectivity index (χ0) is 17.8. The molecule has 1 aliphatic rings. The van der Waals surface area contributed by atoms with E-state index < -0.39 is 5.97 Å². The van der Waals surface area contributed by atoms with E-state index in [4.69, 9.17) is 14.6 Å². The van der Waals surface area contributed by atoms with E-state index in [1.807, 2.05) is 18.2 Å². The summed E-state index contributed by atoms with van der Waals surface area (Å²) in [7, 11) is 1.60. The Balaban J connectivity index is 1.60. The van der Waals surface area contributed by atoms with Crippen molar-refractivity contribution in [2.45, 2.75) is 13.0 Å². The molecule has 130 valence electrons. The van der Waals surface area contributed by atoms with Gasteiger partial charge in [0.15, 0.2) is 0 Å². The molecule has 0 aliphatic carbocycles. The van der Waals surface area contributed by atoms with Crippen LogP contribution in [0, 0.1) is 5.92 Å². The molecule has 1 aliphatic heterocycles. The number of amides is 1. The highest BCUT2D eigenvalue weighted by Gasteiger charge is 2.26. The number of benzene rings is 2. The maximum absolute atomic E-state index is 12.4. The predicted molar refractivity (Wildman–Crippen MR) is 90.9 cm³/mol. The van der Waals surface area contributed by atoms with Gasteiger partial charge in [0, 0.05) is 12.6 Å². The average Bonchev–Trinajstić information content (AvgIpc) is 2.65. The Labute approximate surface area is 145 Å². The van der Waals surface area contributed by atoms with Crippen molar-refractivity contribution in [1.82, 2.24) is 5.32 Å². The summed E-state index contributed by atoms with van der Waals surface area (Å²) in [5.41, 5.74) is 1.92. The third-order valence-corrected chi connectivity index (χ3v) is 4.19. The molecule has 1 heterocycles. The molecule has 0 spiro atoms. The van der Waals surface area contributed by atoms with Crippen molar-refractivity contribution in [3.05, 3.63) is 59.2 Å². The van der Waals surface area contributed by atoms with Gasteiger partial charge in [-0.15, -0.1) is 0 Å². The largest absolute Gasteiger partial charge is 0.497 e. The van der Waals surface area contributed by atoms with E-state index in [1.165, 1.54) is 6.07 Å². The van der Waals surface area contributed by atoms with Gasteiger partial charge in [-0.25, -0.2) is 4.79 Å². The van der Waals surface area contributed by atoms with E-state index in [-0.39, 0.29) is 23.9 Å². The van der Waals surface area contributed by atoms with Crippen molar-refractivity contribution in [3.8, 4) is 11.5 Å². The SMILES string of the molecule is COc1ccc2c(c1)OC[C@@H](C(=O)NCc1cccc(C(=O)O)c1)C2. The lowest BCUT2D eigenvalue weighted by atomic mass is 9.96. The topological polar surface area (TPSA) is 84.9 Å². The molecule has 6 heteroatoms. The smallest absolute Gasteiger partial charge is 0.335 e. The highest BCUT2D eigenvalue weighted by molar-refractivity contribution is 5.87. The zero-order valence-electron chi connectivity index (χ0n) is 13.8. The van der Waals surface area contributed by atoms with Crippen LogP contribution in [0.15, 0.2) is 42.5 Å². The van der Waals surface area contributed by atoms with E-state index in [0.29, 0.717) is 13.0 Å². The molecule has 0 fully saturated rings. The molecular formula is C19H19NO5. The Morgan fingerprint density at radius 3 is 2.88 bits per heavy atom. The number of hydrogen-bond acceptors (Lipinski definition) is 4. The van der Waals surface area contributed by atoms with Gasteiger partial charge in [-0.1, -0.05) is 18.2 Å². The van der Waals surface area contributed by atoms with Crippen LogP contribution >= 0.6 is 0 Å². The molecule has 1 atom stereocenters. The Morgan fingerprint density at radius 1 is 1.28 bits per heavy atom. The molecule has 3 rings (SSSR count). The maximum atomic E-state index is 12.4. The van der Waals surface area contributed by atoms with Crippen molar-refractivity contribution >= 4 is 11.9 Å². The molecule has 0 bridgehead atoms. The van der Waals surface area contributed by atoms with Gasteiger partial charge in [-0.3, -0.25) is 4.79 Å². The molecule has 25 heavy (non-hydrogen) atoms. The number of fused-ring (bicyclic) bond motifs is 1. The fourth-order valence-electron chi connectivity index (χ4n) is 2.80. The van der Waals surface area contributed by atoms with Crippen LogP contribution in [0.5, 0.6) is 11.5 Å². The maximum Gasteiger partial charge on any atom is 0.335 e. The number of carbonyl (C=O) groups excluding carboxylic acids is 1. The van der Waals surface area contributed by atoms with Crippen molar-refractivity contribution in [3.63, 3.8) is 0 Å². The number of aromatic carboxylic acids is 1. The molecule has 6 nitrogen and oxygen atoms in total. The Kier molecular flexibility index (Phi) is 4.88. The number of rotatable bonds is 5. The normalized spacial score (nSPS) is 15.6. The Bertz CT molecular complexity index is 802. The fraction of sp³-hybridized carbons (Fsp3) is 0.263. The van der Waals surface area contributed by atoms with Gasteiger partial charge in [-0.2, -0.15) is 0 Å². The second-order valence-electron chi connectivity index (χ2n) is 5.91. The lowest BCUT2D eigenvalue weighted by Crippen LogP contribution is -2.37. The standard InChI is InChI=1S/C19H19NO5/c1-24-16-6-5-13-8-15(11-25-17(13)9-16)18(21)20-10-12-3-2-4-14(7-12)19(22)23/h2-7,9,15H,8,10-11H2,1H3,(H,20,21)(H,22,23)/t15-/m0/s1. The number of carboxylic acid groups (broad SMARTS) is 1. The highest BCUT2D eigenvalue weighted by atomic mass is 16.5. The number of nitrogens with one attached hydrogen (secondary N) is 1. The van der Waals surface area contributed by atoms with Crippen LogP contribution in [-0.2, 0) is 17.8 Å². The van der Waals surface area contributed by atoms with E-state index in [2.05, 4.69) is 5.32 Å². The first-order valence-corrected chi connectivity index (χ1v) is 7.96. The zero-order valence-corrected chi connectivity index (χ0v) is 13.8. The van der Waals surface area contributed by atoms with Crippen LogP contribution in [0.2, 0.25) is 0 Å². The number of ether oxygens (including phenoxy) is 2. The van der Waals surface area contributed by atoms with Gasteiger partial charge >= 0.3 is 5.97 Å². The summed E-state index contributed by atoms with van der Waals surface area (Å²) in [6.45, 7) is 0.590. The molecule has 2 aromatic carbocycles. The molecule has 0 saturated carbocycles. The van der Waals surface area contributed by atoms with Gasteiger partial charge in [0.05, 0.1) is 18.6 Å². The second-order valence-corrected chi connectivity index (χ2v) is 5.91. The van der Waals surface area contributed by atoms with Crippen molar-refractivity contribution in [1.29, 1.82) is 0 Å². The van der Waals surface area contributed by atoms with Crippen molar-refractivity contribution in [2.75, 3.05) is 13.7 Å². The van der Waals surface area contributed by atoms with Crippen LogP contribution in [-0.4, -0.2) is 30.7 Å². The third kappa shape index (κ3) is 3.91. The van der Waals surface area contributed by atoms with Crippen LogP contribution < -0.4 is 14.8 Å². The van der Waals surface area contributed by atoms with Gasteiger partial charge < -0.3 is 19.9 Å². The number of methoxy groups -OCH3 is 1. The number of hydrogen-bond donors (Lipinski definition) is 2.